The predicted octanol–water partition coefficient (Wildman–Crippen LogP) is 5.43. The average molecular weight is 530 g/mol. The Balaban J connectivity index is 1.29. The Morgan fingerprint density at radius 3 is 2.77 bits per heavy atom. The van der Waals surface area contributed by atoms with Crippen LogP contribution in [-0.4, -0.2) is 47.5 Å². The number of aryl methyl sites for hydroxylation is 3. The fourth-order valence-corrected chi connectivity index (χ4v) is 5.70. The van der Waals surface area contributed by atoms with Gasteiger partial charge in [0.15, 0.2) is 0 Å². The Labute approximate surface area is 231 Å². The van der Waals surface area contributed by atoms with E-state index in [1.54, 1.807) is 18.7 Å². The molecule has 7 nitrogen and oxygen atoms in total. The number of hydrogen-bond donors (Lipinski definition) is 0. The number of Topliss-reactive ketones (excluding diaryl/α,β-unsaturated/α-hetero) is 1. The Morgan fingerprint density at radius 1 is 1.10 bits per heavy atom. The molecular weight excluding hydrogens is 490 g/mol. The van der Waals surface area contributed by atoms with Crippen molar-refractivity contribution in [3.8, 4) is 11.6 Å². The summed E-state index contributed by atoms with van der Waals surface area (Å²) < 4.78 is 19.1. The maximum atomic E-state index is 12.3. The Morgan fingerprint density at radius 2 is 1.97 bits per heavy atom. The van der Waals surface area contributed by atoms with Gasteiger partial charge >= 0.3 is 0 Å². The summed E-state index contributed by atoms with van der Waals surface area (Å²) in [6.45, 7) is 3.54. The molecule has 7 heteroatoms. The number of methoxy groups -OCH3 is 1. The number of ether oxygens (including phenoxy) is 3. The highest BCUT2D eigenvalue weighted by atomic mass is 16.5. The van der Waals surface area contributed by atoms with Crippen molar-refractivity contribution < 1.29 is 19.0 Å². The van der Waals surface area contributed by atoms with Crippen LogP contribution in [0.5, 0.6) is 11.6 Å². The second-order valence-corrected chi connectivity index (χ2v) is 10.6. The molecular formula is C32H39N3O4. The summed E-state index contributed by atoms with van der Waals surface area (Å²) in [5.41, 5.74) is 8.08. The van der Waals surface area contributed by atoms with Gasteiger partial charge < -0.3 is 19.0 Å². The van der Waals surface area contributed by atoms with E-state index in [1.165, 1.54) is 29.7 Å². The lowest BCUT2D eigenvalue weighted by Gasteiger charge is -2.21. The van der Waals surface area contributed by atoms with Crippen LogP contribution in [0.15, 0.2) is 42.5 Å². The minimum Gasteiger partial charge on any atom is -0.496 e. The highest BCUT2D eigenvalue weighted by Crippen LogP contribution is 2.35. The summed E-state index contributed by atoms with van der Waals surface area (Å²) >= 11 is 0. The monoisotopic (exact) mass is 529 g/mol. The number of rotatable bonds is 11. The van der Waals surface area contributed by atoms with E-state index in [-0.39, 0.29) is 11.7 Å². The van der Waals surface area contributed by atoms with Gasteiger partial charge in [0, 0.05) is 37.3 Å². The van der Waals surface area contributed by atoms with E-state index in [0.717, 1.165) is 66.4 Å². The first-order valence-electron chi connectivity index (χ1n) is 14.1. The highest BCUT2D eigenvalue weighted by Gasteiger charge is 2.22. The highest BCUT2D eigenvalue weighted by molar-refractivity contribution is 5.77. The summed E-state index contributed by atoms with van der Waals surface area (Å²) in [5, 5.41) is 4.73. The minimum absolute atomic E-state index is 0.0553. The van der Waals surface area contributed by atoms with Crippen LogP contribution >= 0.6 is 0 Å². The fraction of sp³-hybridized carbons (Fsp3) is 0.469. The topological polar surface area (TPSA) is 75.5 Å². The number of pyridine rings is 1. The van der Waals surface area contributed by atoms with Crippen molar-refractivity contribution in [3.63, 3.8) is 0 Å². The fourth-order valence-electron chi connectivity index (χ4n) is 5.70. The normalized spacial score (nSPS) is 15.8. The second-order valence-electron chi connectivity index (χ2n) is 10.6. The third-order valence-corrected chi connectivity index (χ3v) is 7.72. The maximum absolute atomic E-state index is 12.3. The molecule has 2 aliphatic rings. The molecule has 0 amide bonds. The SMILES string of the molecule is COc1ccc(C2=CCOCC2)cc1C(CC(C)=O)Cc1cc(OCCc2ccc3c(n2)CCCC3)n(C)n1. The van der Waals surface area contributed by atoms with Crippen molar-refractivity contribution in [1.82, 2.24) is 14.8 Å². The smallest absolute Gasteiger partial charge is 0.211 e. The Kier molecular flexibility index (Phi) is 8.77. The first-order chi connectivity index (χ1) is 19.0. The van der Waals surface area contributed by atoms with Crippen molar-refractivity contribution in [1.29, 1.82) is 0 Å². The van der Waals surface area contributed by atoms with Gasteiger partial charge in [-0.2, -0.15) is 5.10 Å². The van der Waals surface area contributed by atoms with Crippen LogP contribution in [0, 0.1) is 0 Å². The van der Waals surface area contributed by atoms with Gasteiger partial charge in [0.2, 0.25) is 5.88 Å². The number of aromatic nitrogens is 3. The van der Waals surface area contributed by atoms with Gasteiger partial charge in [-0.25, -0.2) is 4.68 Å². The first kappa shape index (κ1) is 27.1. The lowest BCUT2D eigenvalue weighted by atomic mass is 9.86. The van der Waals surface area contributed by atoms with E-state index >= 15 is 0 Å². The van der Waals surface area contributed by atoms with E-state index in [2.05, 4.69) is 30.3 Å². The molecule has 0 bridgehead atoms. The van der Waals surface area contributed by atoms with Gasteiger partial charge in [-0.1, -0.05) is 18.2 Å². The summed E-state index contributed by atoms with van der Waals surface area (Å²) in [6, 6.07) is 12.6. The zero-order valence-electron chi connectivity index (χ0n) is 23.4. The predicted molar refractivity (Wildman–Crippen MR) is 151 cm³/mol. The molecule has 0 spiro atoms. The molecule has 1 aromatic carbocycles. The lowest BCUT2D eigenvalue weighted by Crippen LogP contribution is -2.11. The van der Waals surface area contributed by atoms with Crippen LogP contribution in [0.25, 0.3) is 5.57 Å². The van der Waals surface area contributed by atoms with Crippen molar-refractivity contribution >= 4 is 11.4 Å². The molecule has 1 aliphatic heterocycles. The summed E-state index contributed by atoms with van der Waals surface area (Å²) in [6.07, 6.45) is 9.52. The molecule has 1 atom stereocenters. The molecule has 39 heavy (non-hydrogen) atoms. The molecule has 0 radical (unpaired) electrons. The zero-order valence-corrected chi connectivity index (χ0v) is 23.4. The third kappa shape index (κ3) is 6.77. The van der Waals surface area contributed by atoms with E-state index in [4.69, 9.17) is 24.3 Å². The van der Waals surface area contributed by atoms with Crippen LogP contribution in [0.1, 0.15) is 72.3 Å². The quantitative estimate of drug-likeness (QED) is 0.330. The second kappa shape index (κ2) is 12.6. The van der Waals surface area contributed by atoms with Crippen molar-refractivity contribution in [3.05, 3.63) is 76.2 Å². The lowest BCUT2D eigenvalue weighted by molar-refractivity contribution is -0.117. The molecule has 0 N–H and O–H groups in total. The van der Waals surface area contributed by atoms with E-state index in [9.17, 15) is 4.79 Å². The number of ketones is 1. The van der Waals surface area contributed by atoms with E-state index < -0.39 is 0 Å². The van der Waals surface area contributed by atoms with E-state index in [0.29, 0.717) is 26.1 Å². The van der Waals surface area contributed by atoms with Gasteiger partial charge in [0.05, 0.1) is 32.6 Å². The molecule has 0 saturated heterocycles. The molecule has 0 fully saturated rings. The first-order valence-corrected chi connectivity index (χ1v) is 14.1. The molecule has 0 saturated carbocycles. The standard InChI is InChI=1S/C32H39N3O4/c1-22(36)18-26(29-20-25(9-11-31(29)37-3)23-12-15-38-16-13-23)19-28-21-32(35(2)34-28)39-17-14-27-10-8-24-6-4-5-7-30(24)33-27/h8-12,20-21,26H,4-7,13-19H2,1-3H3. The number of carbonyl (C=O) groups excluding carboxylic acids is 1. The summed E-state index contributed by atoms with van der Waals surface area (Å²) in [5.74, 6) is 1.60. The Hall–Kier alpha value is -3.45. The largest absolute Gasteiger partial charge is 0.496 e. The zero-order chi connectivity index (χ0) is 27.2. The number of carbonyl (C=O) groups is 1. The van der Waals surface area contributed by atoms with Gasteiger partial charge in [-0.05, 0) is 91.8 Å². The maximum Gasteiger partial charge on any atom is 0.211 e. The van der Waals surface area contributed by atoms with Gasteiger partial charge in [-0.3, -0.25) is 4.98 Å². The van der Waals surface area contributed by atoms with Crippen LogP contribution in [0.3, 0.4) is 0 Å². The molecule has 1 aliphatic carbocycles. The third-order valence-electron chi connectivity index (χ3n) is 7.72. The van der Waals surface area contributed by atoms with Crippen LogP contribution in [0.2, 0.25) is 0 Å². The number of nitrogens with zero attached hydrogens (tertiary/aromatic N) is 3. The molecule has 3 aromatic rings. The number of hydrogen-bond acceptors (Lipinski definition) is 6. The summed E-state index contributed by atoms with van der Waals surface area (Å²) in [4.78, 5) is 17.2. The van der Waals surface area contributed by atoms with Crippen LogP contribution < -0.4 is 9.47 Å². The van der Waals surface area contributed by atoms with Crippen LogP contribution in [0.4, 0.5) is 0 Å². The van der Waals surface area contributed by atoms with Crippen molar-refractivity contribution in [2.75, 3.05) is 26.9 Å². The average Bonchev–Trinajstić information content (AvgIpc) is 3.30. The van der Waals surface area contributed by atoms with Crippen LogP contribution in [-0.2, 0) is 42.3 Å². The van der Waals surface area contributed by atoms with Gasteiger partial charge in [0.1, 0.15) is 11.5 Å². The molecule has 2 aromatic heterocycles. The van der Waals surface area contributed by atoms with E-state index in [1.807, 2.05) is 19.2 Å². The number of benzene rings is 1. The molecule has 5 rings (SSSR count). The minimum atomic E-state index is -0.0553. The Bertz CT molecular complexity index is 1340. The van der Waals surface area contributed by atoms with Gasteiger partial charge in [0.25, 0.3) is 0 Å². The summed E-state index contributed by atoms with van der Waals surface area (Å²) in [7, 11) is 3.58. The number of fused-ring (bicyclic) bond motifs is 1. The molecule has 3 heterocycles. The molecule has 206 valence electrons. The van der Waals surface area contributed by atoms with Gasteiger partial charge in [-0.15, -0.1) is 0 Å². The molecule has 1 unspecified atom stereocenters. The van der Waals surface area contributed by atoms with Crippen molar-refractivity contribution in [2.24, 2.45) is 7.05 Å². The van der Waals surface area contributed by atoms with Crippen molar-refractivity contribution in [2.45, 2.75) is 64.2 Å².